The molecule has 0 aromatic carbocycles. The molecule has 1 aliphatic rings. The number of alkyl halides is 3. The van der Waals surface area contributed by atoms with E-state index in [2.05, 4.69) is 41.2 Å². The highest BCUT2D eigenvalue weighted by Gasteiger charge is 2.33. The van der Waals surface area contributed by atoms with Gasteiger partial charge in [0, 0.05) is 30.5 Å². The van der Waals surface area contributed by atoms with Crippen LogP contribution >= 0.6 is 0 Å². The van der Waals surface area contributed by atoms with Crippen LogP contribution in [0.5, 0.6) is 5.88 Å². The van der Waals surface area contributed by atoms with E-state index in [9.17, 15) is 13.2 Å². The van der Waals surface area contributed by atoms with E-state index in [1.807, 2.05) is 17.0 Å². The third-order valence-corrected chi connectivity index (χ3v) is 4.43. The Bertz CT molecular complexity index is 757. The molecule has 0 N–H and O–H groups in total. The number of halogens is 3. The topological polar surface area (TPSA) is 64.0 Å². The van der Waals surface area contributed by atoms with Crippen molar-refractivity contribution in [1.29, 1.82) is 0 Å². The van der Waals surface area contributed by atoms with Crippen LogP contribution in [0.15, 0.2) is 24.3 Å². The molecule has 0 bridgehead atoms. The van der Waals surface area contributed by atoms with Crippen molar-refractivity contribution in [2.24, 2.45) is 5.92 Å². The molecule has 0 amide bonds. The zero-order valence-electron chi connectivity index (χ0n) is 15.5. The van der Waals surface area contributed by atoms with Gasteiger partial charge in [0.25, 0.3) is 0 Å². The van der Waals surface area contributed by atoms with Gasteiger partial charge in [-0.15, -0.1) is 15.3 Å². The quantitative estimate of drug-likeness (QED) is 0.808. The van der Waals surface area contributed by atoms with E-state index in [1.165, 1.54) is 6.07 Å². The number of hydrogen-bond donors (Lipinski definition) is 0. The Labute approximate surface area is 155 Å². The van der Waals surface area contributed by atoms with E-state index in [4.69, 9.17) is 4.74 Å². The second-order valence-corrected chi connectivity index (χ2v) is 7.69. The average Bonchev–Trinajstić information content (AvgIpc) is 3.08. The lowest BCUT2D eigenvalue weighted by atomic mass is 9.92. The molecular weight excluding hydrogens is 359 g/mol. The summed E-state index contributed by atoms with van der Waals surface area (Å²) in [5.74, 6) is 1.15. The van der Waals surface area contributed by atoms with Crippen LogP contribution in [-0.2, 0) is 11.6 Å². The minimum Gasteiger partial charge on any atom is -0.476 e. The van der Waals surface area contributed by atoms with E-state index in [0.717, 1.165) is 18.2 Å². The summed E-state index contributed by atoms with van der Waals surface area (Å²) in [6.07, 6.45) is -3.62. The van der Waals surface area contributed by atoms with Gasteiger partial charge in [-0.2, -0.15) is 18.3 Å². The smallest absolute Gasteiger partial charge is 0.435 e. The molecule has 1 aliphatic heterocycles. The van der Waals surface area contributed by atoms with Crippen LogP contribution in [0.3, 0.4) is 0 Å². The predicted molar refractivity (Wildman–Crippen MR) is 93.6 cm³/mol. The van der Waals surface area contributed by atoms with Crippen LogP contribution in [0.1, 0.15) is 38.6 Å². The lowest BCUT2D eigenvalue weighted by molar-refractivity contribution is -0.141. The molecule has 1 saturated heterocycles. The standard InChI is InChI=1S/C18H22F3N5O/c1-17(2,3)13-5-7-16(25-22-13)27-11-12-8-9-26(10-12)15-6-4-14(23-24-15)18(19,20)21/h4-7,12H,8-11H2,1-3H3. The second-order valence-electron chi connectivity index (χ2n) is 7.69. The van der Waals surface area contributed by atoms with Gasteiger partial charge in [0.05, 0.1) is 12.3 Å². The predicted octanol–water partition coefficient (Wildman–Crippen LogP) is 3.49. The van der Waals surface area contributed by atoms with Crippen molar-refractivity contribution in [2.75, 3.05) is 24.6 Å². The lowest BCUT2D eigenvalue weighted by Crippen LogP contribution is -2.23. The van der Waals surface area contributed by atoms with E-state index < -0.39 is 11.9 Å². The van der Waals surface area contributed by atoms with E-state index >= 15 is 0 Å². The summed E-state index contributed by atoms with van der Waals surface area (Å²) in [7, 11) is 0. The van der Waals surface area contributed by atoms with E-state index in [-0.39, 0.29) is 11.3 Å². The Morgan fingerprint density at radius 2 is 1.70 bits per heavy atom. The van der Waals surface area contributed by atoms with Crippen molar-refractivity contribution in [3.63, 3.8) is 0 Å². The molecule has 1 atom stereocenters. The first-order chi connectivity index (χ1) is 12.6. The van der Waals surface area contributed by atoms with Crippen LogP contribution in [-0.4, -0.2) is 40.1 Å². The number of nitrogens with zero attached hydrogens (tertiary/aromatic N) is 5. The van der Waals surface area contributed by atoms with Crippen LogP contribution in [0.4, 0.5) is 19.0 Å². The fourth-order valence-corrected chi connectivity index (χ4v) is 2.82. The molecule has 6 nitrogen and oxygen atoms in total. The minimum absolute atomic E-state index is 0.0693. The fraction of sp³-hybridized carbons (Fsp3) is 0.556. The molecule has 1 unspecified atom stereocenters. The van der Waals surface area contributed by atoms with Gasteiger partial charge in [-0.1, -0.05) is 20.8 Å². The number of ether oxygens (including phenoxy) is 1. The SMILES string of the molecule is CC(C)(C)c1ccc(OCC2CCN(c3ccc(C(F)(F)F)nn3)C2)nn1. The third kappa shape index (κ3) is 4.84. The summed E-state index contributed by atoms with van der Waals surface area (Å²) in [6, 6.07) is 6.02. The molecule has 0 aliphatic carbocycles. The maximum atomic E-state index is 12.6. The largest absolute Gasteiger partial charge is 0.476 e. The molecule has 3 rings (SSSR count). The number of hydrogen-bond acceptors (Lipinski definition) is 6. The molecule has 146 valence electrons. The molecule has 3 heterocycles. The van der Waals surface area contributed by atoms with Gasteiger partial charge in [0.15, 0.2) is 11.5 Å². The Balaban J connectivity index is 1.52. The number of anilines is 1. The Morgan fingerprint density at radius 1 is 1.00 bits per heavy atom. The van der Waals surface area contributed by atoms with Gasteiger partial charge in [-0.05, 0) is 24.6 Å². The molecule has 27 heavy (non-hydrogen) atoms. The van der Waals surface area contributed by atoms with Crippen LogP contribution in [0.25, 0.3) is 0 Å². The zero-order valence-corrected chi connectivity index (χ0v) is 15.5. The Kier molecular flexibility index (Phi) is 5.21. The average molecular weight is 381 g/mol. The van der Waals surface area contributed by atoms with Crippen molar-refractivity contribution >= 4 is 5.82 Å². The highest BCUT2D eigenvalue weighted by molar-refractivity contribution is 5.39. The zero-order chi connectivity index (χ0) is 19.7. The third-order valence-electron chi connectivity index (χ3n) is 4.43. The first kappa shape index (κ1) is 19.3. The van der Waals surface area contributed by atoms with Gasteiger partial charge >= 0.3 is 6.18 Å². The van der Waals surface area contributed by atoms with Gasteiger partial charge in [0.2, 0.25) is 5.88 Å². The summed E-state index contributed by atoms with van der Waals surface area (Å²) in [6.45, 7) is 8.00. The molecule has 0 saturated carbocycles. The summed E-state index contributed by atoms with van der Waals surface area (Å²) in [5, 5.41) is 15.3. The van der Waals surface area contributed by atoms with Crippen molar-refractivity contribution in [2.45, 2.75) is 38.8 Å². The van der Waals surface area contributed by atoms with Crippen LogP contribution < -0.4 is 9.64 Å². The van der Waals surface area contributed by atoms with Gasteiger partial charge in [-0.25, -0.2) is 0 Å². The van der Waals surface area contributed by atoms with Crippen molar-refractivity contribution in [1.82, 2.24) is 20.4 Å². The molecular formula is C18H22F3N5O. The van der Waals surface area contributed by atoms with Gasteiger partial charge in [0.1, 0.15) is 0 Å². The Morgan fingerprint density at radius 3 is 2.26 bits per heavy atom. The first-order valence-electron chi connectivity index (χ1n) is 8.76. The normalized spacial score (nSPS) is 18.0. The molecule has 2 aromatic rings. The molecule has 1 fully saturated rings. The number of rotatable bonds is 4. The van der Waals surface area contributed by atoms with Crippen LogP contribution in [0, 0.1) is 5.92 Å². The maximum Gasteiger partial charge on any atom is 0.435 e. The second kappa shape index (κ2) is 7.28. The maximum absolute atomic E-state index is 12.6. The molecule has 2 aromatic heterocycles. The monoisotopic (exact) mass is 381 g/mol. The fourth-order valence-electron chi connectivity index (χ4n) is 2.82. The first-order valence-corrected chi connectivity index (χ1v) is 8.76. The van der Waals surface area contributed by atoms with Crippen LogP contribution in [0.2, 0.25) is 0 Å². The lowest BCUT2D eigenvalue weighted by Gasteiger charge is -2.18. The summed E-state index contributed by atoms with van der Waals surface area (Å²) < 4.78 is 43.4. The van der Waals surface area contributed by atoms with E-state index in [1.54, 1.807) is 0 Å². The Hall–Kier alpha value is -2.45. The van der Waals surface area contributed by atoms with E-state index in [0.29, 0.717) is 31.4 Å². The number of aromatic nitrogens is 4. The van der Waals surface area contributed by atoms with Crippen molar-refractivity contribution in [3.8, 4) is 5.88 Å². The van der Waals surface area contributed by atoms with Crippen molar-refractivity contribution in [3.05, 3.63) is 35.7 Å². The highest BCUT2D eigenvalue weighted by Crippen LogP contribution is 2.29. The van der Waals surface area contributed by atoms with Crippen molar-refractivity contribution < 1.29 is 17.9 Å². The summed E-state index contributed by atoms with van der Waals surface area (Å²) >= 11 is 0. The summed E-state index contributed by atoms with van der Waals surface area (Å²) in [5.41, 5.74) is -0.162. The minimum atomic E-state index is -4.48. The highest BCUT2D eigenvalue weighted by atomic mass is 19.4. The van der Waals surface area contributed by atoms with Gasteiger partial charge in [-0.3, -0.25) is 0 Å². The summed E-state index contributed by atoms with van der Waals surface area (Å²) in [4.78, 5) is 1.91. The molecule has 0 radical (unpaired) electrons. The molecule has 9 heteroatoms. The van der Waals surface area contributed by atoms with Gasteiger partial charge < -0.3 is 9.64 Å². The molecule has 0 spiro atoms.